The second kappa shape index (κ2) is 6.94. The molecule has 1 aromatic carbocycles. The van der Waals surface area contributed by atoms with Crippen molar-refractivity contribution in [2.45, 2.75) is 26.3 Å². The van der Waals surface area contributed by atoms with Gasteiger partial charge in [-0.05, 0) is 36.6 Å². The molecule has 0 amide bonds. The molecular formula is C13H20ClFN2. The zero-order chi connectivity index (χ0) is 12.8. The largest absolute Gasteiger partial charge is 0.329 e. The number of benzene rings is 1. The number of nitrogens with one attached hydrogen (secondary N) is 1. The average molecular weight is 259 g/mol. The lowest BCUT2D eigenvalue weighted by molar-refractivity contribution is 0.409. The number of nitrogens with two attached hydrogens (primary N) is 1. The molecular weight excluding hydrogens is 239 g/mol. The molecule has 0 aliphatic carbocycles. The molecule has 1 aromatic rings. The smallest absolute Gasteiger partial charge is 0.141 e. The van der Waals surface area contributed by atoms with Gasteiger partial charge in [-0.1, -0.05) is 31.5 Å². The Morgan fingerprint density at radius 1 is 1.41 bits per heavy atom. The predicted octanol–water partition coefficient (Wildman–Crippen LogP) is 2.59. The maximum absolute atomic E-state index is 12.9. The van der Waals surface area contributed by atoms with Crippen LogP contribution >= 0.6 is 11.6 Å². The van der Waals surface area contributed by atoms with Crippen molar-refractivity contribution < 1.29 is 4.39 Å². The zero-order valence-electron chi connectivity index (χ0n) is 10.3. The third kappa shape index (κ3) is 4.62. The Morgan fingerprint density at radius 3 is 2.65 bits per heavy atom. The van der Waals surface area contributed by atoms with Gasteiger partial charge in [0.1, 0.15) is 5.82 Å². The zero-order valence-corrected chi connectivity index (χ0v) is 11.1. The second-order valence-electron chi connectivity index (χ2n) is 4.54. The van der Waals surface area contributed by atoms with E-state index in [1.807, 2.05) is 0 Å². The number of rotatable bonds is 6. The standard InChI is InChI=1S/C13H20ClFN2/c1-9(2)13(8-16)17-6-5-10-3-4-12(15)11(14)7-10/h3-4,7,9,13,17H,5-6,8,16H2,1-2H3. The van der Waals surface area contributed by atoms with E-state index in [4.69, 9.17) is 17.3 Å². The summed E-state index contributed by atoms with van der Waals surface area (Å²) >= 11 is 5.72. The van der Waals surface area contributed by atoms with Crippen LogP contribution in [-0.2, 0) is 6.42 Å². The van der Waals surface area contributed by atoms with E-state index in [0.717, 1.165) is 18.5 Å². The third-order valence-electron chi connectivity index (χ3n) is 2.86. The Morgan fingerprint density at radius 2 is 2.12 bits per heavy atom. The van der Waals surface area contributed by atoms with Gasteiger partial charge < -0.3 is 11.1 Å². The molecule has 0 aliphatic heterocycles. The summed E-state index contributed by atoms with van der Waals surface area (Å²) in [5.74, 6) is 0.141. The van der Waals surface area contributed by atoms with Crippen LogP contribution in [0.1, 0.15) is 19.4 Å². The Balaban J connectivity index is 2.42. The molecule has 1 unspecified atom stereocenters. The van der Waals surface area contributed by atoms with Crippen molar-refractivity contribution >= 4 is 11.6 Å². The van der Waals surface area contributed by atoms with Crippen LogP contribution in [0.4, 0.5) is 4.39 Å². The van der Waals surface area contributed by atoms with E-state index in [0.29, 0.717) is 18.5 Å². The fourth-order valence-corrected chi connectivity index (χ4v) is 1.89. The van der Waals surface area contributed by atoms with Gasteiger partial charge >= 0.3 is 0 Å². The van der Waals surface area contributed by atoms with Crippen LogP contribution in [0.3, 0.4) is 0 Å². The maximum Gasteiger partial charge on any atom is 0.141 e. The fourth-order valence-electron chi connectivity index (χ4n) is 1.69. The summed E-state index contributed by atoms with van der Waals surface area (Å²) < 4.78 is 12.9. The van der Waals surface area contributed by atoms with Crippen LogP contribution in [0.25, 0.3) is 0 Å². The molecule has 0 aromatic heterocycles. The molecule has 3 N–H and O–H groups in total. The van der Waals surface area contributed by atoms with Gasteiger partial charge in [0.05, 0.1) is 5.02 Å². The Labute approximate surface area is 107 Å². The normalized spacial score (nSPS) is 13.1. The summed E-state index contributed by atoms with van der Waals surface area (Å²) in [6.45, 7) is 5.72. The Hall–Kier alpha value is -0.640. The topological polar surface area (TPSA) is 38.0 Å². The van der Waals surface area contributed by atoms with Crippen molar-refractivity contribution in [3.63, 3.8) is 0 Å². The highest BCUT2D eigenvalue weighted by molar-refractivity contribution is 6.30. The molecule has 0 saturated carbocycles. The summed E-state index contributed by atoms with van der Waals surface area (Å²) in [5, 5.41) is 3.57. The summed E-state index contributed by atoms with van der Waals surface area (Å²) in [7, 11) is 0. The van der Waals surface area contributed by atoms with Gasteiger partial charge in [-0.25, -0.2) is 4.39 Å². The number of hydrogen-bond acceptors (Lipinski definition) is 2. The lowest BCUT2D eigenvalue weighted by atomic mass is 10.0. The first-order chi connectivity index (χ1) is 8.04. The lowest BCUT2D eigenvalue weighted by Crippen LogP contribution is -2.41. The van der Waals surface area contributed by atoms with Gasteiger partial charge in [0.15, 0.2) is 0 Å². The molecule has 1 rings (SSSR count). The van der Waals surface area contributed by atoms with Crippen molar-refractivity contribution in [3.05, 3.63) is 34.6 Å². The Bertz CT molecular complexity index is 355. The average Bonchev–Trinajstić information content (AvgIpc) is 2.28. The minimum Gasteiger partial charge on any atom is -0.329 e. The van der Waals surface area contributed by atoms with Crippen molar-refractivity contribution in [1.82, 2.24) is 5.32 Å². The molecule has 0 bridgehead atoms. The summed E-state index contributed by atoms with van der Waals surface area (Å²) in [5.41, 5.74) is 6.69. The molecule has 0 fully saturated rings. The van der Waals surface area contributed by atoms with Gasteiger partial charge in [-0.3, -0.25) is 0 Å². The molecule has 0 aliphatic rings. The van der Waals surface area contributed by atoms with Gasteiger partial charge in [0.25, 0.3) is 0 Å². The van der Waals surface area contributed by atoms with Crippen molar-refractivity contribution in [3.8, 4) is 0 Å². The van der Waals surface area contributed by atoms with Crippen molar-refractivity contribution in [1.29, 1.82) is 0 Å². The van der Waals surface area contributed by atoms with Gasteiger partial charge in [-0.2, -0.15) is 0 Å². The van der Waals surface area contributed by atoms with Gasteiger partial charge in [0, 0.05) is 12.6 Å². The predicted molar refractivity (Wildman–Crippen MR) is 70.8 cm³/mol. The number of halogens is 2. The van der Waals surface area contributed by atoms with Crippen LogP contribution in [0.5, 0.6) is 0 Å². The molecule has 0 saturated heterocycles. The number of hydrogen-bond donors (Lipinski definition) is 2. The first-order valence-corrected chi connectivity index (χ1v) is 6.29. The highest BCUT2D eigenvalue weighted by atomic mass is 35.5. The summed E-state index contributed by atoms with van der Waals surface area (Å²) in [6, 6.07) is 5.16. The van der Waals surface area contributed by atoms with E-state index >= 15 is 0 Å². The maximum atomic E-state index is 12.9. The van der Waals surface area contributed by atoms with E-state index in [1.165, 1.54) is 6.07 Å². The van der Waals surface area contributed by atoms with Crippen LogP contribution in [0.15, 0.2) is 18.2 Å². The van der Waals surface area contributed by atoms with E-state index in [1.54, 1.807) is 12.1 Å². The fraction of sp³-hybridized carbons (Fsp3) is 0.538. The SMILES string of the molecule is CC(C)C(CN)NCCc1ccc(F)c(Cl)c1. The quantitative estimate of drug-likeness (QED) is 0.823. The van der Waals surface area contributed by atoms with Crippen LogP contribution in [0.2, 0.25) is 5.02 Å². The van der Waals surface area contributed by atoms with Crippen LogP contribution in [0, 0.1) is 11.7 Å². The molecule has 0 spiro atoms. The van der Waals surface area contributed by atoms with Crippen LogP contribution in [-0.4, -0.2) is 19.1 Å². The third-order valence-corrected chi connectivity index (χ3v) is 3.15. The minimum atomic E-state index is -0.370. The highest BCUT2D eigenvalue weighted by Crippen LogP contribution is 2.16. The van der Waals surface area contributed by atoms with Crippen molar-refractivity contribution in [2.24, 2.45) is 11.7 Å². The molecule has 1 atom stereocenters. The molecule has 0 radical (unpaired) electrons. The van der Waals surface area contributed by atoms with Crippen LogP contribution < -0.4 is 11.1 Å². The monoisotopic (exact) mass is 258 g/mol. The van der Waals surface area contributed by atoms with E-state index < -0.39 is 0 Å². The highest BCUT2D eigenvalue weighted by Gasteiger charge is 2.09. The van der Waals surface area contributed by atoms with Gasteiger partial charge in [-0.15, -0.1) is 0 Å². The van der Waals surface area contributed by atoms with E-state index in [9.17, 15) is 4.39 Å². The summed E-state index contributed by atoms with van der Waals surface area (Å²) in [6.07, 6.45) is 0.823. The molecule has 2 nitrogen and oxygen atoms in total. The molecule has 96 valence electrons. The first kappa shape index (κ1) is 14.4. The lowest BCUT2D eigenvalue weighted by Gasteiger charge is -2.20. The Kier molecular flexibility index (Phi) is 5.89. The van der Waals surface area contributed by atoms with Crippen molar-refractivity contribution in [2.75, 3.05) is 13.1 Å². The summed E-state index contributed by atoms with van der Waals surface area (Å²) in [4.78, 5) is 0. The van der Waals surface area contributed by atoms with E-state index in [2.05, 4.69) is 19.2 Å². The molecule has 17 heavy (non-hydrogen) atoms. The second-order valence-corrected chi connectivity index (χ2v) is 4.95. The van der Waals surface area contributed by atoms with E-state index in [-0.39, 0.29) is 10.8 Å². The molecule has 4 heteroatoms. The van der Waals surface area contributed by atoms with Gasteiger partial charge in [0.2, 0.25) is 0 Å². The molecule has 0 heterocycles. The minimum absolute atomic E-state index is 0.182. The first-order valence-electron chi connectivity index (χ1n) is 5.92.